The number of nitro groups is 1. The second kappa shape index (κ2) is 8.74. The molecular weight excluding hydrogens is 440 g/mol. The van der Waals surface area contributed by atoms with Crippen molar-refractivity contribution in [2.75, 3.05) is 11.1 Å². The smallest absolute Gasteiger partial charge is 0.329 e. The molecule has 2 N–H and O–H groups in total. The molecule has 11 heteroatoms. The third-order valence-electron chi connectivity index (χ3n) is 4.35. The molecule has 3 aromatic rings. The van der Waals surface area contributed by atoms with Crippen LogP contribution < -0.4 is 5.32 Å². The Hall–Kier alpha value is -3.44. The minimum absolute atomic E-state index is 0.0263. The van der Waals surface area contributed by atoms with Crippen molar-refractivity contribution >= 4 is 55.7 Å². The number of thiazole rings is 1. The highest BCUT2D eigenvalue weighted by atomic mass is 32.2. The van der Waals surface area contributed by atoms with Gasteiger partial charge in [-0.15, -0.1) is 23.1 Å². The Morgan fingerprint density at radius 3 is 2.77 bits per heavy atom. The lowest BCUT2D eigenvalue weighted by Gasteiger charge is -2.11. The maximum atomic E-state index is 11.1. The zero-order valence-electron chi connectivity index (χ0n) is 16.0. The normalized spacial score (nSPS) is 15.5. The lowest BCUT2D eigenvalue weighted by atomic mass is 10.2. The first kappa shape index (κ1) is 20.8. The molecule has 1 atom stereocenters. The number of aliphatic carboxylic acids is 1. The molecule has 0 saturated heterocycles. The third-order valence-corrected chi connectivity index (χ3v) is 6.56. The average molecular weight is 457 g/mol. The van der Waals surface area contributed by atoms with Gasteiger partial charge in [0, 0.05) is 23.6 Å². The Bertz CT molecular complexity index is 1210. The van der Waals surface area contributed by atoms with Gasteiger partial charge in [-0.2, -0.15) is 0 Å². The molecule has 1 aliphatic rings. The molecule has 0 spiro atoms. The van der Waals surface area contributed by atoms with Crippen LogP contribution in [0.5, 0.6) is 0 Å². The van der Waals surface area contributed by atoms with E-state index >= 15 is 0 Å². The summed E-state index contributed by atoms with van der Waals surface area (Å²) >= 11 is 2.84. The second-order valence-corrected chi connectivity index (χ2v) is 8.60. The Morgan fingerprint density at radius 1 is 1.32 bits per heavy atom. The minimum Gasteiger partial charge on any atom is -0.480 e. The van der Waals surface area contributed by atoms with Crippen LogP contribution in [-0.2, 0) is 16.1 Å². The van der Waals surface area contributed by atoms with Gasteiger partial charge in [-0.3, -0.25) is 15.1 Å². The Morgan fingerprint density at radius 2 is 2.10 bits per heavy atom. The summed E-state index contributed by atoms with van der Waals surface area (Å²) in [6.45, 7) is 4.07. The van der Waals surface area contributed by atoms with E-state index in [4.69, 9.17) is 9.84 Å². The summed E-state index contributed by atoms with van der Waals surface area (Å²) in [6, 6.07) is 11.0. The maximum absolute atomic E-state index is 11.1. The number of non-ortho nitro benzene ring substituents is 1. The summed E-state index contributed by atoms with van der Waals surface area (Å²) < 4.78 is 6.52. The first-order valence-corrected chi connectivity index (χ1v) is 10.9. The van der Waals surface area contributed by atoms with Gasteiger partial charge in [0.15, 0.2) is 11.9 Å². The van der Waals surface area contributed by atoms with Crippen LogP contribution >= 0.6 is 23.1 Å². The Balaban J connectivity index is 1.39. The van der Waals surface area contributed by atoms with E-state index in [1.165, 1.54) is 35.2 Å². The monoisotopic (exact) mass is 456 g/mol. The van der Waals surface area contributed by atoms with Gasteiger partial charge >= 0.3 is 5.97 Å². The van der Waals surface area contributed by atoms with Crippen LogP contribution in [0.1, 0.15) is 10.6 Å². The maximum Gasteiger partial charge on any atom is 0.329 e. The number of rotatable bonds is 8. The minimum atomic E-state index is -0.928. The lowest BCUT2D eigenvalue weighted by molar-refractivity contribution is -0.384. The quantitative estimate of drug-likeness (QED) is 0.293. The van der Waals surface area contributed by atoms with E-state index in [2.05, 4.69) is 21.9 Å². The molecule has 2 heterocycles. The number of hydrogen-bond donors (Lipinski definition) is 2. The summed E-state index contributed by atoms with van der Waals surface area (Å²) in [6.07, 6.45) is 0. The predicted molar refractivity (Wildman–Crippen MR) is 121 cm³/mol. The number of anilines is 1. The predicted octanol–water partition coefficient (Wildman–Crippen LogP) is 4.25. The fourth-order valence-electron chi connectivity index (χ4n) is 2.79. The fraction of sp³-hybridized carbons (Fsp3) is 0.150. The van der Waals surface area contributed by atoms with Gasteiger partial charge in [-0.25, -0.2) is 9.78 Å². The summed E-state index contributed by atoms with van der Waals surface area (Å²) in [5.74, 6) is -0.177. The van der Waals surface area contributed by atoms with Crippen molar-refractivity contribution in [3.63, 3.8) is 0 Å². The van der Waals surface area contributed by atoms with Crippen molar-refractivity contribution in [2.24, 2.45) is 4.99 Å². The van der Waals surface area contributed by atoms with Crippen LogP contribution in [0, 0.1) is 10.1 Å². The van der Waals surface area contributed by atoms with Crippen LogP contribution in [0.25, 0.3) is 10.2 Å². The van der Waals surface area contributed by atoms with Crippen molar-refractivity contribution in [3.05, 3.63) is 75.6 Å². The Kier molecular flexibility index (Phi) is 5.87. The van der Waals surface area contributed by atoms with Crippen LogP contribution in [0.4, 0.5) is 11.4 Å². The van der Waals surface area contributed by atoms with Crippen LogP contribution in [-0.4, -0.2) is 37.8 Å². The standard InChI is InChI=1S/C20H16N4O5S2/c1-11(29-9-12-2-5-14(6-3-12)24(27)28)21-13-4-7-15-17(8-13)31-19(22-15)18-23-16(10-30-18)20(25)26/h2-8,16,21H,1,9-10H2,(H,25,26)/t16-/m1/s1. The van der Waals surface area contributed by atoms with Crippen LogP contribution in [0.15, 0.2) is 59.9 Å². The number of nitrogens with one attached hydrogen (secondary N) is 1. The molecule has 1 aromatic heterocycles. The van der Waals surface area contributed by atoms with Crippen molar-refractivity contribution in [3.8, 4) is 0 Å². The molecule has 4 rings (SSSR count). The molecule has 1 aliphatic heterocycles. The molecule has 0 amide bonds. The van der Waals surface area contributed by atoms with E-state index in [0.717, 1.165) is 21.5 Å². The molecule has 0 radical (unpaired) electrons. The number of benzene rings is 2. The first-order valence-electron chi connectivity index (χ1n) is 9.05. The number of aromatic nitrogens is 1. The highest BCUT2D eigenvalue weighted by Gasteiger charge is 2.26. The third kappa shape index (κ3) is 4.84. The number of carboxylic acid groups (broad SMARTS) is 1. The second-order valence-electron chi connectivity index (χ2n) is 6.56. The number of fused-ring (bicyclic) bond motifs is 1. The number of aliphatic imine (C=N–C) groups is 1. The number of hydrogen-bond acceptors (Lipinski definition) is 9. The number of carbonyl (C=O) groups is 1. The van der Waals surface area contributed by atoms with Gasteiger partial charge in [0.05, 0.1) is 15.1 Å². The van der Waals surface area contributed by atoms with E-state index in [-0.39, 0.29) is 12.3 Å². The van der Waals surface area contributed by atoms with Crippen LogP contribution in [0.3, 0.4) is 0 Å². The van der Waals surface area contributed by atoms with Gasteiger partial charge < -0.3 is 15.2 Å². The number of carboxylic acids is 1. The molecular formula is C20H16N4O5S2. The first-order chi connectivity index (χ1) is 14.9. The zero-order chi connectivity index (χ0) is 22.0. The highest BCUT2D eigenvalue weighted by Crippen LogP contribution is 2.31. The topological polar surface area (TPSA) is 127 Å². The SMILES string of the molecule is C=C(Nc1ccc2nc(C3=N[C@@H](C(=O)O)CS3)sc2c1)OCc1ccc([N+](=O)[O-])cc1. The molecule has 0 saturated carbocycles. The van der Waals surface area contributed by atoms with Gasteiger partial charge in [-0.05, 0) is 42.5 Å². The molecule has 0 unspecified atom stereocenters. The molecule has 0 fully saturated rings. The van der Waals surface area contributed by atoms with Crippen molar-refractivity contribution in [1.82, 2.24) is 4.98 Å². The van der Waals surface area contributed by atoms with E-state index < -0.39 is 16.9 Å². The summed E-state index contributed by atoms with van der Waals surface area (Å²) in [5.41, 5.74) is 2.37. The molecule has 0 aliphatic carbocycles. The fourth-order valence-corrected chi connectivity index (χ4v) is 4.89. The molecule has 9 nitrogen and oxygen atoms in total. The van der Waals surface area contributed by atoms with E-state index in [1.54, 1.807) is 12.1 Å². The summed E-state index contributed by atoms with van der Waals surface area (Å²) in [4.78, 5) is 30.1. The summed E-state index contributed by atoms with van der Waals surface area (Å²) in [7, 11) is 0. The molecule has 31 heavy (non-hydrogen) atoms. The van der Waals surface area contributed by atoms with E-state index in [1.807, 2.05) is 18.2 Å². The molecule has 0 bridgehead atoms. The highest BCUT2D eigenvalue weighted by molar-refractivity contribution is 8.15. The van der Waals surface area contributed by atoms with E-state index in [9.17, 15) is 14.9 Å². The van der Waals surface area contributed by atoms with Gasteiger partial charge in [-0.1, -0.05) is 0 Å². The number of nitro benzene ring substituents is 1. The molecule has 158 valence electrons. The van der Waals surface area contributed by atoms with E-state index in [0.29, 0.717) is 21.7 Å². The van der Waals surface area contributed by atoms with Gasteiger partial charge in [0.2, 0.25) is 0 Å². The largest absolute Gasteiger partial charge is 0.480 e. The number of thioether (sulfide) groups is 1. The van der Waals surface area contributed by atoms with Crippen molar-refractivity contribution in [2.45, 2.75) is 12.6 Å². The van der Waals surface area contributed by atoms with Crippen molar-refractivity contribution < 1.29 is 19.6 Å². The number of ether oxygens (including phenoxy) is 1. The lowest BCUT2D eigenvalue weighted by Crippen LogP contribution is -2.17. The molecule has 2 aromatic carbocycles. The van der Waals surface area contributed by atoms with Crippen LogP contribution in [0.2, 0.25) is 0 Å². The Labute approximate surface area is 184 Å². The van der Waals surface area contributed by atoms with Crippen molar-refractivity contribution in [1.29, 1.82) is 0 Å². The van der Waals surface area contributed by atoms with Gasteiger partial charge in [0.1, 0.15) is 16.7 Å². The van der Waals surface area contributed by atoms with Gasteiger partial charge in [0.25, 0.3) is 5.69 Å². The average Bonchev–Trinajstić information content (AvgIpc) is 3.39. The number of nitrogens with zero attached hydrogens (tertiary/aromatic N) is 3. The summed E-state index contributed by atoms with van der Waals surface area (Å²) in [5, 5.41) is 24.2. The zero-order valence-corrected chi connectivity index (χ0v) is 17.6.